The Hall–Kier alpha value is -1.93. The van der Waals surface area contributed by atoms with Gasteiger partial charge in [-0.05, 0) is 56.6 Å². The summed E-state index contributed by atoms with van der Waals surface area (Å²) in [5.41, 5.74) is 0.793. The molecule has 0 aliphatic heterocycles. The summed E-state index contributed by atoms with van der Waals surface area (Å²) in [6, 6.07) is 11.0. The van der Waals surface area contributed by atoms with Crippen LogP contribution in [0.25, 0.3) is 10.2 Å². The minimum absolute atomic E-state index is 0. The van der Waals surface area contributed by atoms with Crippen LogP contribution in [0.5, 0.6) is 5.75 Å². The van der Waals surface area contributed by atoms with Gasteiger partial charge in [0.2, 0.25) is 0 Å². The van der Waals surface area contributed by atoms with Crippen LogP contribution in [0.4, 0.5) is 9.52 Å². The van der Waals surface area contributed by atoms with E-state index in [0.29, 0.717) is 29.0 Å². The van der Waals surface area contributed by atoms with Crippen LogP contribution in [-0.4, -0.2) is 49.6 Å². The van der Waals surface area contributed by atoms with E-state index >= 15 is 0 Å². The summed E-state index contributed by atoms with van der Waals surface area (Å²) in [6.07, 6.45) is 0. The van der Waals surface area contributed by atoms with Gasteiger partial charge in [-0.3, -0.25) is 9.69 Å². The summed E-state index contributed by atoms with van der Waals surface area (Å²) >= 11 is 7.46. The van der Waals surface area contributed by atoms with Gasteiger partial charge in [0.1, 0.15) is 11.6 Å². The number of rotatable bonds is 7. The van der Waals surface area contributed by atoms with Crippen molar-refractivity contribution in [2.75, 3.05) is 38.7 Å². The lowest BCUT2D eigenvalue weighted by Crippen LogP contribution is -2.39. The van der Waals surface area contributed by atoms with E-state index in [-0.39, 0.29) is 30.7 Å². The van der Waals surface area contributed by atoms with Gasteiger partial charge in [0, 0.05) is 18.1 Å². The Balaban J connectivity index is 0.00000280. The molecule has 0 N–H and O–H groups in total. The lowest BCUT2D eigenvalue weighted by atomic mass is 10.3. The molecular formula is C19H20Cl2FN3O2S. The highest BCUT2D eigenvalue weighted by Gasteiger charge is 2.20. The van der Waals surface area contributed by atoms with E-state index in [4.69, 9.17) is 16.3 Å². The molecule has 0 aliphatic carbocycles. The predicted molar refractivity (Wildman–Crippen MR) is 115 cm³/mol. The van der Waals surface area contributed by atoms with Crippen molar-refractivity contribution < 1.29 is 13.9 Å². The van der Waals surface area contributed by atoms with Gasteiger partial charge in [0.15, 0.2) is 11.7 Å². The van der Waals surface area contributed by atoms with E-state index in [9.17, 15) is 9.18 Å². The van der Waals surface area contributed by atoms with Crippen LogP contribution in [-0.2, 0) is 4.79 Å². The van der Waals surface area contributed by atoms with Crippen LogP contribution in [0.15, 0.2) is 42.5 Å². The smallest absolute Gasteiger partial charge is 0.266 e. The van der Waals surface area contributed by atoms with E-state index in [0.717, 1.165) is 10.2 Å². The molecule has 1 amide bonds. The number of benzene rings is 2. The summed E-state index contributed by atoms with van der Waals surface area (Å²) in [6.45, 7) is 1.00. The van der Waals surface area contributed by atoms with Gasteiger partial charge >= 0.3 is 0 Å². The number of nitrogens with zero attached hydrogens (tertiary/aromatic N) is 3. The van der Waals surface area contributed by atoms with Crippen molar-refractivity contribution >= 4 is 56.6 Å². The van der Waals surface area contributed by atoms with Gasteiger partial charge in [-0.25, -0.2) is 9.37 Å². The minimum atomic E-state index is -0.352. The number of carbonyl (C=O) groups is 1. The van der Waals surface area contributed by atoms with Crippen LogP contribution < -0.4 is 9.64 Å². The molecule has 1 heterocycles. The van der Waals surface area contributed by atoms with Crippen molar-refractivity contribution in [2.24, 2.45) is 0 Å². The van der Waals surface area contributed by atoms with Crippen molar-refractivity contribution in [3.63, 3.8) is 0 Å². The quantitative estimate of drug-likeness (QED) is 0.539. The standard InChI is InChI=1S/C19H19ClFN3O2S.ClH/c1-23(2)9-10-24(18(25)12-26-15-6-4-14(21)5-7-15)19-22-16-8-3-13(20)11-17(16)27-19;/h3-8,11H,9-10,12H2,1-2H3;1H. The Morgan fingerprint density at radius 1 is 1.18 bits per heavy atom. The number of aromatic nitrogens is 1. The van der Waals surface area contributed by atoms with Gasteiger partial charge in [0.05, 0.1) is 10.2 Å². The van der Waals surface area contributed by atoms with E-state index in [2.05, 4.69) is 4.98 Å². The Morgan fingerprint density at radius 3 is 2.57 bits per heavy atom. The molecule has 150 valence electrons. The zero-order valence-electron chi connectivity index (χ0n) is 15.4. The summed E-state index contributed by atoms with van der Waals surface area (Å²) in [5.74, 6) is -0.130. The lowest BCUT2D eigenvalue weighted by molar-refractivity contribution is -0.120. The number of halogens is 3. The molecule has 0 fully saturated rings. The molecule has 0 saturated heterocycles. The topological polar surface area (TPSA) is 45.7 Å². The minimum Gasteiger partial charge on any atom is -0.484 e. The Bertz CT molecular complexity index is 935. The molecule has 3 rings (SSSR count). The SMILES string of the molecule is CN(C)CCN(C(=O)COc1ccc(F)cc1)c1nc2ccc(Cl)cc2s1.Cl. The molecular weight excluding hydrogens is 424 g/mol. The van der Waals surface area contributed by atoms with Crippen LogP contribution in [0.1, 0.15) is 0 Å². The fraction of sp³-hybridized carbons (Fsp3) is 0.263. The number of carbonyl (C=O) groups excluding carboxylic acids is 1. The highest BCUT2D eigenvalue weighted by molar-refractivity contribution is 7.22. The third-order valence-corrected chi connectivity index (χ3v) is 5.09. The van der Waals surface area contributed by atoms with Gasteiger partial charge in [0.25, 0.3) is 5.91 Å². The maximum Gasteiger partial charge on any atom is 0.266 e. The molecule has 9 heteroatoms. The number of hydrogen-bond donors (Lipinski definition) is 0. The van der Waals surface area contributed by atoms with Crippen LogP contribution in [0.2, 0.25) is 5.02 Å². The van der Waals surface area contributed by atoms with Crippen molar-refractivity contribution in [2.45, 2.75) is 0 Å². The first-order valence-electron chi connectivity index (χ1n) is 8.32. The molecule has 0 bridgehead atoms. The van der Waals surface area contributed by atoms with Crippen molar-refractivity contribution in [3.8, 4) is 5.75 Å². The number of fused-ring (bicyclic) bond motifs is 1. The first-order valence-corrected chi connectivity index (χ1v) is 9.51. The number of likely N-dealkylation sites (N-methyl/N-ethyl adjacent to an activating group) is 1. The van der Waals surface area contributed by atoms with E-state index in [1.54, 1.807) is 11.0 Å². The molecule has 1 aromatic heterocycles. The maximum absolute atomic E-state index is 13.0. The highest BCUT2D eigenvalue weighted by atomic mass is 35.5. The summed E-state index contributed by atoms with van der Waals surface area (Å²) in [5, 5.41) is 1.23. The van der Waals surface area contributed by atoms with Gasteiger partial charge in [-0.1, -0.05) is 22.9 Å². The Kier molecular flexibility index (Phi) is 8.00. The van der Waals surface area contributed by atoms with Crippen LogP contribution >= 0.6 is 35.3 Å². The zero-order valence-corrected chi connectivity index (χ0v) is 17.8. The lowest BCUT2D eigenvalue weighted by Gasteiger charge is -2.22. The van der Waals surface area contributed by atoms with Crippen molar-refractivity contribution in [3.05, 3.63) is 53.3 Å². The first kappa shape index (κ1) is 22.4. The molecule has 3 aromatic rings. The van der Waals surface area contributed by atoms with Crippen LogP contribution in [0.3, 0.4) is 0 Å². The van der Waals surface area contributed by atoms with Crippen LogP contribution in [0, 0.1) is 5.82 Å². The van der Waals surface area contributed by atoms with E-state index < -0.39 is 0 Å². The third-order valence-electron chi connectivity index (χ3n) is 3.82. The molecule has 5 nitrogen and oxygen atoms in total. The van der Waals surface area contributed by atoms with Crippen molar-refractivity contribution in [1.29, 1.82) is 0 Å². The summed E-state index contributed by atoms with van der Waals surface area (Å²) in [4.78, 5) is 21.0. The average molecular weight is 444 g/mol. The molecule has 28 heavy (non-hydrogen) atoms. The second-order valence-electron chi connectivity index (χ2n) is 6.20. The van der Waals surface area contributed by atoms with E-state index in [1.165, 1.54) is 35.6 Å². The summed E-state index contributed by atoms with van der Waals surface area (Å²) in [7, 11) is 3.88. The van der Waals surface area contributed by atoms with Gasteiger partial charge in [-0.2, -0.15) is 0 Å². The summed E-state index contributed by atoms with van der Waals surface area (Å²) < 4.78 is 19.4. The second-order valence-corrected chi connectivity index (χ2v) is 7.65. The number of amides is 1. The molecule has 0 spiro atoms. The normalized spacial score (nSPS) is 10.8. The maximum atomic E-state index is 13.0. The number of thiazole rings is 1. The molecule has 0 unspecified atom stereocenters. The highest BCUT2D eigenvalue weighted by Crippen LogP contribution is 2.30. The fourth-order valence-corrected chi connectivity index (χ4v) is 3.67. The Morgan fingerprint density at radius 2 is 1.89 bits per heavy atom. The molecule has 0 saturated carbocycles. The molecule has 0 atom stereocenters. The van der Waals surface area contributed by atoms with Gasteiger partial charge < -0.3 is 9.64 Å². The molecule has 0 radical (unpaired) electrons. The molecule has 0 aliphatic rings. The second kappa shape index (κ2) is 10.0. The third kappa shape index (κ3) is 5.78. The fourth-order valence-electron chi connectivity index (χ4n) is 2.38. The van der Waals surface area contributed by atoms with Crippen molar-refractivity contribution in [1.82, 2.24) is 9.88 Å². The zero-order chi connectivity index (χ0) is 19.4. The largest absolute Gasteiger partial charge is 0.484 e. The number of anilines is 1. The molecule has 2 aromatic carbocycles. The average Bonchev–Trinajstić information content (AvgIpc) is 3.03. The first-order chi connectivity index (χ1) is 12.9. The van der Waals surface area contributed by atoms with E-state index in [1.807, 2.05) is 31.1 Å². The van der Waals surface area contributed by atoms with Gasteiger partial charge in [-0.15, -0.1) is 12.4 Å². The number of ether oxygens (including phenoxy) is 1. The number of hydrogen-bond acceptors (Lipinski definition) is 5. The monoisotopic (exact) mass is 443 g/mol. The Labute approximate surface area is 178 Å². The predicted octanol–water partition coefficient (Wildman–Crippen LogP) is 4.48.